The summed E-state index contributed by atoms with van der Waals surface area (Å²) in [5, 5.41) is 17.8. The van der Waals surface area contributed by atoms with Crippen molar-refractivity contribution in [1.29, 1.82) is 5.26 Å². The summed E-state index contributed by atoms with van der Waals surface area (Å²) < 4.78 is 2.19. The molecule has 1 aliphatic rings. The molecule has 0 saturated heterocycles. The Labute approximate surface area is 89.2 Å². The normalized spacial score (nSPS) is 14.7. The quantitative estimate of drug-likeness (QED) is 0.805. The van der Waals surface area contributed by atoms with Crippen molar-refractivity contribution >= 4 is 0 Å². The van der Waals surface area contributed by atoms with Crippen LogP contribution in [0.25, 0.3) is 0 Å². The van der Waals surface area contributed by atoms with Crippen LogP contribution in [-0.2, 0) is 26.0 Å². The third kappa shape index (κ3) is 1.88. The minimum Gasteiger partial charge on any atom is -0.390 e. The first-order valence-electron chi connectivity index (χ1n) is 5.41. The number of aliphatic hydroxyl groups is 1. The fourth-order valence-electron chi connectivity index (χ4n) is 2.18. The molecule has 0 spiro atoms. The van der Waals surface area contributed by atoms with Crippen molar-refractivity contribution in [3.63, 3.8) is 0 Å². The number of hydrogen-bond acceptors (Lipinski definition) is 3. The van der Waals surface area contributed by atoms with Crippen LogP contribution in [0, 0.1) is 11.3 Å². The van der Waals surface area contributed by atoms with Gasteiger partial charge >= 0.3 is 0 Å². The molecule has 0 radical (unpaired) electrons. The molecule has 0 saturated carbocycles. The van der Waals surface area contributed by atoms with Gasteiger partial charge in [0.15, 0.2) is 0 Å². The van der Waals surface area contributed by atoms with Crippen LogP contribution in [0.2, 0.25) is 0 Å². The lowest BCUT2D eigenvalue weighted by Crippen LogP contribution is -2.13. The molecule has 2 rings (SSSR count). The van der Waals surface area contributed by atoms with E-state index in [4.69, 9.17) is 5.26 Å². The van der Waals surface area contributed by atoms with Crippen LogP contribution in [0.3, 0.4) is 0 Å². The first-order chi connectivity index (χ1) is 7.36. The van der Waals surface area contributed by atoms with Gasteiger partial charge < -0.3 is 9.67 Å². The Hall–Kier alpha value is -1.34. The Bertz CT molecular complexity index is 389. The summed E-state index contributed by atoms with van der Waals surface area (Å²) in [4.78, 5) is 4.41. The summed E-state index contributed by atoms with van der Waals surface area (Å²) in [7, 11) is 0. The van der Waals surface area contributed by atoms with Gasteiger partial charge in [0, 0.05) is 25.1 Å². The molecule has 0 unspecified atom stereocenters. The van der Waals surface area contributed by atoms with Gasteiger partial charge in [-0.25, -0.2) is 4.98 Å². The van der Waals surface area contributed by atoms with Gasteiger partial charge in [-0.1, -0.05) is 0 Å². The molecule has 4 nitrogen and oxygen atoms in total. The first kappa shape index (κ1) is 10.2. The second-order valence-corrected chi connectivity index (χ2v) is 3.85. The van der Waals surface area contributed by atoms with Crippen molar-refractivity contribution in [2.45, 2.75) is 45.3 Å². The van der Waals surface area contributed by atoms with Crippen LogP contribution in [-0.4, -0.2) is 14.7 Å². The molecule has 4 heteroatoms. The number of imidazole rings is 1. The summed E-state index contributed by atoms with van der Waals surface area (Å²) in [6.45, 7) is 1.00. The number of aliphatic hydroxyl groups excluding tert-OH is 1. The Kier molecular flexibility index (Phi) is 3.02. The van der Waals surface area contributed by atoms with Crippen molar-refractivity contribution in [1.82, 2.24) is 9.55 Å². The molecule has 2 heterocycles. The number of nitriles is 1. The van der Waals surface area contributed by atoms with Crippen molar-refractivity contribution in [2.75, 3.05) is 0 Å². The highest BCUT2D eigenvalue weighted by atomic mass is 16.3. The van der Waals surface area contributed by atoms with Crippen LogP contribution in [0.4, 0.5) is 0 Å². The highest BCUT2D eigenvalue weighted by Crippen LogP contribution is 2.21. The summed E-state index contributed by atoms with van der Waals surface area (Å²) >= 11 is 0. The molecular weight excluding hydrogens is 190 g/mol. The van der Waals surface area contributed by atoms with E-state index in [-0.39, 0.29) is 6.61 Å². The lowest BCUT2D eigenvalue weighted by molar-refractivity contribution is 0.275. The van der Waals surface area contributed by atoms with E-state index < -0.39 is 0 Å². The van der Waals surface area contributed by atoms with Gasteiger partial charge in [-0.3, -0.25) is 0 Å². The Morgan fingerprint density at radius 1 is 1.47 bits per heavy atom. The Morgan fingerprint density at radius 2 is 2.33 bits per heavy atom. The lowest BCUT2D eigenvalue weighted by Gasteiger charge is -2.16. The number of rotatable bonds is 3. The van der Waals surface area contributed by atoms with E-state index in [2.05, 4.69) is 15.6 Å². The average Bonchev–Trinajstić information content (AvgIpc) is 2.65. The average molecular weight is 205 g/mol. The first-order valence-corrected chi connectivity index (χ1v) is 5.41. The van der Waals surface area contributed by atoms with E-state index in [9.17, 15) is 5.11 Å². The molecule has 1 aromatic heterocycles. The molecule has 0 fully saturated rings. The minimum absolute atomic E-state index is 0.0158. The van der Waals surface area contributed by atoms with Crippen molar-refractivity contribution in [3.8, 4) is 6.07 Å². The maximum Gasteiger partial charge on any atom is 0.110 e. The Morgan fingerprint density at radius 3 is 3.07 bits per heavy atom. The zero-order chi connectivity index (χ0) is 10.7. The van der Waals surface area contributed by atoms with Crippen LogP contribution in [0.15, 0.2) is 0 Å². The maximum absolute atomic E-state index is 9.19. The molecule has 1 N–H and O–H groups in total. The van der Waals surface area contributed by atoms with Crippen molar-refractivity contribution < 1.29 is 5.11 Å². The monoisotopic (exact) mass is 205 g/mol. The molecule has 0 amide bonds. The second-order valence-electron chi connectivity index (χ2n) is 3.85. The summed E-state index contributed by atoms with van der Waals surface area (Å²) in [5.74, 6) is 0.968. The summed E-state index contributed by atoms with van der Waals surface area (Å²) in [6.07, 6.45) is 4.56. The summed E-state index contributed by atoms with van der Waals surface area (Å²) in [5.41, 5.74) is 1.99. The predicted molar refractivity (Wildman–Crippen MR) is 55.0 cm³/mol. The highest BCUT2D eigenvalue weighted by Gasteiger charge is 2.18. The summed E-state index contributed by atoms with van der Waals surface area (Å²) in [6, 6.07) is 2.13. The van der Waals surface area contributed by atoms with Crippen LogP contribution in [0.5, 0.6) is 0 Å². The molecule has 0 aromatic carbocycles. The van der Waals surface area contributed by atoms with Gasteiger partial charge in [0.2, 0.25) is 0 Å². The smallest absolute Gasteiger partial charge is 0.110 e. The third-order valence-electron chi connectivity index (χ3n) is 2.89. The largest absolute Gasteiger partial charge is 0.390 e. The zero-order valence-electron chi connectivity index (χ0n) is 8.74. The van der Waals surface area contributed by atoms with Crippen LogP contribution in [0.1, 0.15) is 36.5 Å². The maximum atomic E-state index is 9.19. The van der Waals surface area contributed by atoms with Gasteiger partial charge in [-0.05, 0) is 19.3 Å². The molecular formula is C11H15N3O. The SMILES string of the molecule is N#CCCc1nc(CO)c2n1CCCC2. The third-order valence-corrected chi connectivity index (χ3v) is 2.89. The fraction of sp³-hybridized carbons (Fsp3) is 0.636. The van der Waals surface area contributed by atoms with Crippen molar-refractivity contribution in [2.24, 2.45) is 0 Å². The zero-order valence-corrected chi connectivity index (χ0v) is 8.74. The van der Waals surface area contributed by atoms with E-state index >= 15 is 0 Å². The molecule has 0 bridgehead atoms. The van der Waals surface area contributed by atoms with Crippen LogP contribution < -0.4 is 0 Å². The standard InChI is InChI=1S/C11H15N3O/c12-6-3-5-11-13-9(8-15)10-4-1-2-7-14(10)11/h15H,1-5,7-8H2. The predicted octanol–water partition coefficient (Wildman–Crippen LogP) is 1.17. The number of hydrogen-bond donors (Lipinski definition) is 1. The number of aromatic nitrogens is 2. The fourth-order valence-corrected chi connectivity index (χ4v) is 2.18. The van der Waals surface area contributed by atoms with E-state index in [1.165, 1.54) is 18.5 Å². The topological polar surface area (TPSA) is 61.8 Å². The Balaban J connectivity index is 2.30. The lowest BCUT2D eigenvalue weighted by atomic mass is 10.1. The number of nitrogens with zero attached hydrogens (tertiary/aromatic N) is 3. The number of fused-ring (bicyclic) bond motifs is 1. The molecule has 1 aromatic rings. The molecule has 15 heavy (non-hydrogen) atoms. The van der Waals surface area contributed by atoms with Crippen molar-refractivity contribution in [3.05, 3.63) is 17.2 Å². The van der Waals surface area contributed by atoms with E-state index in [0.717, 1.165) is 24.5 Å². The molecule has 0 aliphatic carbocycles. The van der Waals surface area contributed by atoms with Gasteiger partial charge in [0.25, 0.3) is 0 Å². The number of aryl methyl sites for hydroxylation is 1. The van der Waals surface area contributed by atoms with Crippen LogP contribution >= 0.6 is 0 Å². The second kappa shape index (κ2) is 4.45. The molecule has 1 aliphatic heterocycles. The van der Waals surface area contributed by atoms with Gasteiger partial charge in [0.1, 0.15) is 5.82 Å². The molecule has 0 atom stereocenters. The van der Waals surface area contributed by atoms with E-state index in [1.807, 2.05) is 0 Å². The highest BCUT2D eigenvalue weighted by molar-refractivity contribution is 5.19. The van der Waals surface area contributed by atoms with E-state index in [0.29, 0.717) is 12.8 Å². The van der Waals surface area contributed by atoms with E-state index in [1.54, 1.807) is 0 Å². The molecule has 80 valence electrons. The van der Waals surface area contributed by atoms with Gasteiger partial charge in [-0.15, -0.1) is 0 Å². The van der Waals surface area contributed by atoms with Gasteiger partial charge in [-0.2, -0.15) is 5.26 Å². The van der Waals surface area contributed by atoms with Gasteiger partial charge in [0.05, 0.1) is 18.4 Å². The minimum atomic E-state index is 0.0158.